The summed E-state index contributed by atoms with van der Waals surface area (Å²) in [5.74, 6) is 0.766. The van der Waals surface area contributed by atoms with Gasteiger partial charge in [-0.1, -0.05) is 18.2 Å². The van der Waals surface area contributed by atoms with Gasteiger partial charge < -0.3 is 9.52 Å². The topological polar surface area (TPSA) is 50.4 Å². The molecule has 0 aromatic carbocycles. The van der Waals surface area contributed by atoms with Gasteiger partial charge in [-0.25, -0.2) is 4.79 Å². The van der Waals surface area contributed by atoms with Gasteiger partial charge in [0.05, 0.1) is 5.75 Å². The summed E-state index contributed by atoms with van der Waals surface area (Å²) in [5, 5.41) is 9.15. The van der Waals surface area contributed by atoms with Gasteiger partial charge in [-0.3, -0.25) is 0 Å². The van der Waals surface area contributed by atoms with Crippen molar-refractivity contribution in [2.24, 2.45) is 0 Å². The lowest BCUT2D eigenvalue weighted by molar-refractivity contribution is 0.0661. The maximum Gasteiger partial charge on any atom is 0.371 e. The van der Waals surface area contributed by atoms with Crippen LogP contribution in [0.15, 0.2) is 28.2 Å². The van der Waals surface area contributed by atoms with Crippen molar-refractivity contribution >= 4 is 29.3 Å². The first-order valence-electron chi connectivity index (χ1n) is 3.82. The molecular formula is C9H9ClO3S. The highest BCUT2D eigenvalue weighted by atomic mass is 35.5. The van der Waals surface area contributed by atoms with Crippen molar-refractivity contribution in [2.45, 2.75) is 5.75 Å². The second-order valence-electron chi connectivity index (χ2n) is 2.58. The summed E-state index contributed by atoms with van der Waals surface area (Å²) < 4.78 is 5.03. The highest BCUT2D eigenvalue weighted by Gasteiger charge is 2.08. The van der Waals surface area contributed by atoms with E-state index in [0.29, 0.717) is 22.3 Å². The Labute approximate surface area is 90.7 Å². The Morgan fingerprint density at radius 2 is 2.36 bits per heavy atom. The Morgan fingerprint density at radius 1 is 1.64 bits per heavy atom. The van der Waals surface area contributed by atoms with Crippen molar-refractivity contribution in [3.63, 3.8) is 0 Å². The number of rotatable bonds is 5. The summed E-state index contributed by atoms with van der Waals surface area (Å²) in [4.78, 5) is 10.5. The maximum atomic E-state index is 10.5. The van der Waals surface area contributed by atoms with Crippen LogP contribution in [0.3, 0.4) is 0 Å². The third-order valence-corrected chi connectivity index (χ3v) is 2.71. The van der Waals surface area contributed by atoms with Gasteiger partial charge in [0.1, 0.15) is 5.76 Å². The van der Waals surface area contributed by atoms with Gasteiger partial charge in [-0.15, -0.1) is 11.8 Å². The Bertz CT molecular complexity index is 346. The quantitative estimate of drug-likeness (QED) is 0.848. The molecule has 0 bridgehead atoms. The lowest BCUT2D eigenvalue weighted by atomic mass is 10.4. The van der Waals surface area contributed by atoms with Crippen LogP contribution in [0.2, 0.25) is 0 Å². The predicted molar refractivity (Wildman–Crippen MR) is 56.8 cm³/mol. The number of hydrogen-bond donors (Lipinski definition) is 1. The molecule has 0 unspecified atom stereocenters. The molecule has 0 aliphatic carbocycles. The molecule has 76 valence electrons. The Morgan fingerprint density at radius 3 is 2.86 bits per heavy atom. The number of hydrogen-bond acceptors (Lipinski definition) is 3. The number of carboxylic acids is 1. The number of thioether (sulfide) groups is 1. The first-order chi connectivity index (χ1) is 6.59. The zero-order chi connectivity index (χ0) is 10.6. The SMILES string of the molecule is C=C(Cl)CSCc1ccc(C(=O)O)o1. The zero-order valence-electron chi connectivity index (χ0n) is 7.33. The number of aromatic carboxylic acids is 1. The molecule has 0 fully saturated rings. The summed E-state index contributed by atoms with van der Waals surface area (Å²) in [7, 11) is 0. The van der Waals surface area contributed by atoms with Crippen LogP contribution in [0, 0.1) is 0 Å². The Kier molecular flexibility index (Phi) is 4.10. The molecule has 5 heteroatoms. The van der Waals surface area contributed by atoms with Crippen LogP contribution < -0.4 is 0 Å². The van der Waals surface area contributed by atoms with Crippen molar-refractivity contribution in [2.75, 3.05) is 5.75 Å². The minimum atomic E-state index is -1.05. The van der Waals surface area contributed by atoms with Crippen LogP contribution in [0.5, 0.6) is 0 Å². The van der Waals surface area contributed by atoms with E-state index in [9.17, 15) is 4.79 Å². The van der Waals surface area contributed by atoms with Crippen LogP contribution >= 0.6 is 23.4 Å². The fraction of sp³-hybridized carbons (Fsp3) is 0.222. The van der Waals surface area contributed by atoms with Crippen LogP contribution in [-0.4, -0.2) is 16.8 Å². The third-order valence-electron chi connectivity index (χ3n) is 1.38. The fourth-order valence-electron chi connectivity index (χ4n) is 0.833. The van der Waals surface area contributed by atoms with E-state index >= 15 is 0 Å². The molecule has 1 aromatic rings. The van der Waals surface area contributed by atoms with Gasteiger partial charge >= 0.3 is 5.97 Å². The van der Waals surface area contributed by atoms with Crippen molar-refractivity contribution in [1.82, 2.24) is 0 Å². The smallest absolute Gasteiger partial charge is 0.371 e. The molecule has 0 aliphatic heterocycles. The van der Waals surface area contributed by atoms with Gasteiger partial charge in [0, 0.05) is 10.8 Å². The molecule has 0 aliphatic rings. The molecular weight excluding hydrogens is 224 g/mol. The van der Waals surface area contributed by atoms with Crippen LogP contribution in [-0.2, 0) is 5.75 Å². The number of furan rings is 1. The van der Waals surface area contributed by atoms with Gasteiger partial charge in [0.2, 0.25) is 5.76 Å². The molecule has 1 N–H and O–H groups in total. The number of carboxylic acid groups (broad SMARTS) is 1. The molecule has 0 amide bonds. The molecule has 3 nitrogen and oxygen atoms in total. The van der Waals surface area contributed by atoms with Gasteiger partial charge in [-0.2, -0.15) is 0 Å². The standard InChI is InChI=1S/C9H9ClO3S/c1-6(10)4-14-5-7-2-3-8(13-7)9(11)12/h2-3H,1,4-5H2,(H,11,12). The number of carbonyl (C=O) groups is 1. The van der Waals surface area contributed by atoms with E-state index in [1.54, 1.807) is 6.07 Å². The van der Waals surface area contributed by atoms with E-state index in [0.717, 1.165) is 0 Å². The minimum Gasteiger partial charge on any atom is -0.475 e. The highest BCUT2D eigenvalue weighted by Crippen LogP contribution is 2.18. The van der Waals surface area contributed by atoms with E-state index in [4.69, 9.17) is 21.1 Å². The van der Waals surface area contributed by atoms with Crippen molar-refractivity contribution < 1.29 is 14.3 Å². The average Bonchev–Trinajstić information content (AvgIpc) is 2.52. The van der Waals surface area contributed by atoms with Gasteiger partial charge in [0.15, 0.2) is 0 Å². The largest absolute Gasteiger partial charge is 0.475 e. The summed E-state index contributed by atoms with van der Waals surface area (Å²) in [6.07, 6.45) is 0. The van der Waals surface area contributed by atoms with E-state index < -0.39 is 5.97 Å². The van der Waals surface area contributed by atoms with Crippen molar-refractivity contribution in [3.05, 3.63) is 35.3 Å². The second-order valence-corrected chi connectivity index (χ2v) is 4.10. The van der Waals surface area contributed by atoms with Crippen LogP contribution in [0.25, 0.3) is 0 Å². The summed E-state index contributed by atoms with van der Waals surface area (Å²) in [6.45, 7) is 3.54. The van der Waals surface area contributed by atoms with Crippen LogP contribution in [0.1, 0.15) is 16.3 Å². The van der Waals surface area contributed by atoms with Crippen LogP contribution in [0.4, 0.5) is 0 Å². The normalized spacial score (nSPS) is 10.1. The fourth-order valence-corrected chi connectivity index (χ4v) is 1.74. The molecule has 14 heavy (non-hydrogen) atoms. The predicted octanol–water partition coefficient (Wildman–Crippen LogP) is 2.96. The Balaban J connectivity index is 2.44. The van der Waals surface area contributed by atoms with E-state index in [1.165, 1.54) is 17.8 Å². The average molecular weight is 233 g/mol. The lowest BCUT2D eigenvalue weighted by Crippen LogP contribution is -1.91. The van der Waals surface area contributed by atoms with Gasteiger partial charge in [-0.05, 0) is 12.1 Å². The molecule has 0 saturated heterocycles. The molecule has 1 heterocycles. The first-order valence-corrected chi connectivity index (χ1v) is 5.36. The van der Waals surface area contributed by atoms with Crippen molar-refractivity contribution in [3.8, 4) is 0 Å². The zero-order valence-corrected chi connectivity index (χ0v) is 8.90. The Hall–Kier alpha value is -0.870. The molecule has 1 rings (SSSR count). The van der Waals surface area contributed by atoms with E-state index in [1.807, 2.05) is 0 Å². The summed E-state index contributed by atoms with van der Waals surface area (Å²) >= 11 is 7.08. The second kappa shape index (κ2) is 5.12. The molecule has 0 saturated carbocycles. The molecule has 0 spiro atoms. The first kappa shape index (κ1) is 11.2. The molecule has 0 atom stereocenters. The van der Waals surface area contributed by atoms with Crippen molar-refractivity contribution in [1.29, 1.82) is 0 Å². The third kappa shape index (κ3) is 3.47. The summed E-state index contributed by atoms with van der Waals surface area (Å²) in [6, 6.07) is 3.08. The molecule has 0 radical (unpaired) electrons. The van der Waals surface area contributed by atoms with E-state index in [2.05, 4.69) is 6.58 Å². The van der Waals surface area contributed by atoms with Gasteiger partial charge in [0.25, 0.3) is 0 Å². The number of halogens is 1. The molecule has 1 aromatic heterocycles. The highest BCUT2D eigenvalue weighted by molar-refractivity contribution is 7.98. The summed E-state index contributed by atoms with van der Waals surface area (Å²) in [5.41, 5.74) is 0. The minimum absolute atomic E-state index is 0.0368. The van der Waals surface area contributed by atoms with E-state index in [-0.39, 0.29) is 5.76 Å². The monoisotopic (exact) mass is 232 g/mol. The maximum absolute atomic E-state index is 10.5. The lowest BCUT2D eigenvalue weighted by Gasteiger charge is -1.95.